The first-order valence-corrected chi connectivity index (χ1v) is 6.21. The van der Waals surface area contributed by atoms with Crippen molar-refractivity contribution in [3.05, 3.63) is 0 Å². The summed E-state index contributed by atoms with van der Waals surface area (Å²) < 4.78 is 0. The van der Waals surface area contributed by atoms with E-state index in [0.29, 0.717) is 12.6 Å². The SMILES string of the molecule is CCN1CCC(NCC(C)(C)C(N)=O)CC1. The second-order valence-electron chi connectivity index (χ2n) is 5.34. The van der Waals surface area contributed by atoms with Crippen molar-refractivity contribution in [1.82, 2.24) is 10.2 Å². The highest BCUT2D eigenvalue weighted by Crippen LogP contribution is 2.15. The monoisotopic (exact) mass is 227 g/mol. The van der Waals surface area contributed by atoms with Gasteiger partial charge in [-0.1, -0.05) is 6.92 Å². The average molecular weight is 227 g/mol. The van der Waals surface area contributed by atoms with Gasteiger partial charge >= 0.3 is 0 Å². The molecule has 0 radical (unpaired) electrons. The molecule has 0 saturated carbocycles. The number of piperidine rings is 1. The van der Waals surface area contributed by atoms with Crippen LogP contribution in [0.2, 0.25) is 0 Å². The van der Waals surface area contributed by atoms with E-state index in [4.69, 9.17) is 5.73 Å². The van der Waals surface area contributed by atoms with Gasteiger partial charge in [-0.15, -0.1) is 0 Å². The van der Waals surface area contributed by atoms with Crippen molar-refractivity contribution in [2.75, 3.05) is 26.2 Å². The van der Waals surface area contributed by atoms with Gasteiger partial charge in [-0.3, -0.25) is 4.79 Å². The third-order valence-corrected chi connectivity index (χ3v) is 3.53. The molecule has 0 spiro atoms. The minimum absolute atomic E-state index is 0.231. The van der Waals surface area contributed by atoms with Gasteiger partial charge in [-0.2, -0.15) is 0 Å². The first-order valence-electron chi connectivity index (χ1n) is 6.21. The van der Waals surface area contributed by atoms with Crippen LogP contribution in [0.4, 0.5) is 0 Å². The lowest BCUT2D eigenvalue weighted by Gasteiger charge is -2.33. The normalized spacial score (nSPS) is 19.9. The standard InChI is InChI=1S/C12H25N3O/c1-4-15-7-5-10(6-8-15)14-9-12(2,3)11(13)16/h10,14H,4-9H2,1-3H3,(H2,13,16). The lowest BCUT2D eigenvalue weighted by molar-refractivity contribution is -0.125. The molecule has 1 saturated heterocycles. The molecule has 1 aliphatic rings. The molecule has 1 fully saturated rings. The summed E-state index contributed by atoms with van der Waals surface area (Å²) in [5.41, 5.74) is 4.90. The largest absolute Gasteiger partial charge is 0.369 e. The zero-order valence-electron chi connectivity index (χ0n) is 10.8. The Hall–Kier alpha value is -0.610. The quantitative estimate of drug-likeness (QED) is 0.722. The van der Waals surface area contributed by atoms with Crippen LogP contribution in [0.3, 0.4) is 0 Å². The average Bonchev–Trinajstić information content (AvgIpc) is 2.27. The van der Waals surface area contributed by atoms with Crippen molar-refractivity contribution in [1.29, 1.82) is 0 Å². The van der Waals surface area contributed by atoms with Crippen LogP contribution in [0.25, 0.3) is 0 Å². The molecular formula is C12H25N3O. The maximum atomic E-state index is 11.2. The Balaban J connectivity index is 2.27. The van der Waals surface area contributed by atoms with E-state index in [1.807, 2.05) is 13.8 Å². The minimum atomic E-state index is -0.443. The predicted molar refractivity (Wildman–Crippen MR) is 66.1 cm³/mol. The summed E-state index contributed by atoms with van der Waals surface area (Å²) in [4.78, 5) is 13.6. The maximum absolute atomic E-state index is 11.2. The maximum Gasteiger partial charge on any atom is 0.224 e. The van der Waals surface area contributed by atoms with Gasteiger partial charge in [-0.25, -0.2) is 0 Å². The van der Waals surface area contributed by atoms with Crippen LogP contribution < -0.4 is 11.1 Å². The van der Waals surface area contributed by atoms with Crippen molar-refractivity contribution in [2.24, 2.45) is 11.1 Å². The molecule has 0 atom stereocenters. The Morgan fingerprint density at radius 3 is 2.44 bits per heavy atom. The van der Waals surface area contributed by atoms with Gasteiger partial charge in [0, 0.05) is 12.6 Å². The summed E-state index contributed by atoms with van der Waals surface area (Å²) in [6.07, 6.45) is 2.34. The van der Waals surface area contributed by atoms with E-state index in [2.05, 4.69) is 17.1 Å². The van der Waals surface area contributed by atoms with Gasteiger partial charge in [0.05, 0.1) is 5.41 Å². The molecule has 0 aromatic heterocycles. The number of carbonyl (C=O) groups is 1. The molecule has 4 heteroatoms. The molecule has 1 amide bonds. The molecule has 0 bridgehead atoms. The minimum Gasteiger partial charge on any atom is -0.369 e. The Morgan fingerprint density at radius 1 is 1.44 bits per heavy atom. The highest BCUT2D eigenvalue weighted by Gasteiger charge is 2.26. The number of hydrogen-bond acceptors (Lipinski definition) is 3. The highest BCUT2D eigenvalue weighted by molar-refractivity contribution is 5.80. The van der Waals surface area contributed by atoms with Crippen LogP contribution in [0.5, 0.6) is 0 Å². The third-order valence-electron chi connectivity index (χ3n) is 3.53. The van der Waals surface area contributed by atoms with Crippen molar-refractivity contribution in [3.63, 3.8) is 0 Å². The predicted octanol–water partition coefficient (Wildman–Crippen LogP) is 0.572. The number of rotatable bonds is 5. The van der Waals surface area contributed by atoms with Gasteiger partial charge in [-0.05, 0) is 46.3 Å². The van der Waals surface area contributed by atoms with Gasteiger partial charge in [0.15, 0.2) is 0 Å². The van der Waals surface area contributed by atoms with Gasteiger partial charge in [0.1, 0.15) is 0 Å². The second-order valence-corrected chi connectivity index (χ2v) is 5.34. The third kappa shape index (κ3) is 3.76. The van der Waals surface area contributed by atoms with Crippen molar-refractivity contribution in [2.45, 2.75) is 39.7 Å². The molecule has 0 aliphatic carbocycles. The van der Waals surface area contributed by atoms with Crippen molar-refractivity contribution >= 4 is 5.91 Å². The molecule has 4 nitrogen and oxygen atoms in total. The van der Waals surface area contributed by atoms with Crippen LogP contribution in [-0.2, 0) is 4.79 Å². The number of amides is 1. The number of likely N-dealkylation sites (tertiary alicyclic amines) is 1. The molecule has 0 aromatic rings. The fraction of sp³-hybridized carbons (Fsp3) is 0.917. The summed E-state index contributed by atoms with van der Waals surface area (Å²) in [6, 6.07) is 0.543. The molecule has 94 valence electrons. The molecular weight excluding hydrogens is 202 g/mol. The molecule has 0 unspecified atom stereocenters. The van der Waals surface area contributed by atoms with Crippen LogP contribution >= 0.6 is 0 Å². The Bertz CT molecular complexity index is 232. The van der Waals surface area contributed by atoms with Crippen LogP contribution in [0.1, 0.15) is 33.6 Å². The highest BCUT2D eigenvalue weighted by atomic mass is 16.1. The smallest absolute Gasteiger partial charge is 0.224 e. The van der Waals surface area contributed by atoms with Crippen LogP contribution in [0, 0.1) is 5.41 Å². The summed E-state index contributed by atoms with van der Waals surface area (Å²) in [6.45, 7) is 10.1. The molecule has 16 heavy (non-hydrogen) atoms. The fourth-order valence-corrected chi connectivity index (χ4v) is 1.94. The molecule has 1 heterocycles. The molecule has 1 aliphatic heterocycles. The number of carbonyl (C=O) groups excluding carboxylic acids is 1. The number of hydrogen-bond donors (Lipinski definition) is 2. The van der Waals surface area contributed by atoms with E-state index in [9.17, 15) is 4.79 Å². The summed E-state index contributed by atoms with van der Waals surface area (Å²) >= 11 is 0. The first-order chi connectivity index (χ1) is 7.45. The number of primary amides is 1. The number of nitrogens with zero attached hydrogens (tertiary/aromatic N) is 1. The zero-order chi connectivity index (χ0) is 12.2. The van der Waals surface area contributed by atoms with Crippen LogP contribution in [0.15, 0.2) is 0 Å². The fourth-order valence-electron chi connectivity index (χ4n) is 1.94. The Kier molecular flexibility index (Phi) is 4.74. The number of nitrogens with two attached hydrogens (primary N) is 1. The van der Waals surface area contributed by atoms with Crippen molar-refractivity contribution < 1.29 is 4.79 Å². The number of nitrogens with one attached hydrogen (secondary N) is 1. The van der Waals surface area contributed by atoms with Crippen LogP contribution in [-0.4, -0.2) is 43.0 Å². The second kappa shape index (κ2) is 5.64. The van der Waals surface area contributed by atoms with E-state index in [0.717, 1.165) is 19.6 Å². The summed E-state index contributed by atoms with van der Waals surface area (Å²) in [5, 5.41) is 3.46. The topological polar surface area (TPSA) is 58.4 Å². The van der Waals surface area contributed by atoms with Crippen molar-refractivity contribution in [3.8, 4) is 0 Å². The van der Waals surface area contributed by atoms with Gasteiger partial charge < -0.3 is 16.0 Å². The first kappa shape index (κ1) is 13.5. The Labute approximate surface area is 98.6 Å². The van der Waals surface area contributed by atoms with E-state index < -0.39 is 5.41 Å². The molecule has 0 aromatic carbocycles. The van der Waals surface area contributed by atoms with E-state index in [1.54, 1.807) is 0 Å². The lowest BCUT2D eigenvalue weighted by atomic mass is 9.91. The zero-order valence-corrected chi connectivity index (χ0v) is 10.8. The lowest BCUT2D eigenvalue weighted by Crippen LogP contribution is -2.47. The molecule has 3 N–H and O–H groups in total. The van der Waals surface area contributed by atoms with Gasteiger partial charge in [0.2, 0.25) is 5.91 Å². The van der Waals surface area contributed by atoms with E-state index in [-0.39, 0.29) is 5.91 Å². The molecule has 1 rings (SSSR count). The van der Waals surface area contributed by atoms with E-state index in [1.165, 1.54) is 12.8 Å². The summed E-state index contributed by atoms with van der Waals surface area (Å²) in [5.74, 6) is -0.231. The Morgan fingerprint density at radius 2 is 2.00 bits per heavy atom. The van der Waals surface area contributed by atoms with E-state index >= 15 is 0 Å². The summed E-state index contributed by atoms with van der Waals surface area (Å²) in [7, 11) is 0. The van der Waals surface area contributed by atoms with Gasteiger partial charge in [0.25, 0.3) is 0 Å².